The number of nitrogens with one attached hydrogen (secondary N) is 1. The molecule has 0 bridgehead atoms. The van der Waals surface area contributed by atoms with Crippen LogP contribution in [0.4, 0.5) is 10.1 Å². The Morgan fingerprint density at radius 3 is 2.48 bits per heavy atom. The van der Waals surface area contributed by atoms with Crippen molar-refractivity contribution in [2.24, 2.45) is 0 Å². The summed E-state index contributed by atoms with van der Waals surface area (Å²) in [6, 6.07) is 15.0. The largest absolute Gasteiger partial charge is 0.455 e. The van der Waals surface area contributed by atoms with E-state index in [1.807, 2.05) is 30.3 Å². The number of hydrogen-bond donors (Lipinski definition) is 1. The second-order valence-electron chi connectivity index (χ2n) is 5.58. The third-order valence-electron chi connectivity index (χ3n) is 3.91. The number of ether oxygens (including phenoxy) is 1. The first-order valence-electron chi connectivity index (χ1n) is 7.38. The van der Waals surface area contributed by atoms with Crippen LogP contribution in [0.15, 0.2) is 54.6 Å². The fraction of sp³-hybridized carbons (Fsp3) is 0.222. The van der Waals surface area contributed by atoms with Gasteiger partial charge >= 0.3 is 5.97 Å². The number of amides is 1. The van der Waals surface area contributed by atoms with Gasteiger partial charge in [0.1, 0.15) is 5.82 Å². The number of rotatable bonds is 5. The van der Waals surface area contributed by atoms with E-state index < -0.39 is 23.1 Å². The molecule has 118 valence electrons. The Bertz CT molecular complexity index is 726. The van der Waals surface area contributed by atoms with Crippen LogP contribution < -0.4 is 5.32 Å². The van der Waals surface area contributed by atoms with Crippen molar-refractivity contribution in [2.45, 2.75) is 18.3 Å². The average Bonchev–Trinajstić information content (AvgIpc) is 3.35. The molecule has 0 unspecified atom stereocenters. The SMILES string of the molecule is O=C(COC(=O)C1(c2ccccc2)CC1)Nc1cccc(F)c1. The Kier molecular flexibility index (Phi) is 4.10. The fourth-order valence-electron chi connectivity index (χ4n) is 2.53. The first-order valence-corrected chi connectivity index (χ1v) is 7.38. The molecule has 0 aliphatic heterocycles. The number of carbonyl (C=O) groups excluding carboxylic acids is 2. The van der Waals surface area contributed by atoms with E-state index in [4.69, 9.17) is 4.74 Å². The summed E-state index contributed by atoms with van der Waals surface area (Å²) in [5.41, 5.74) is 0.631. The molecule has 1 N–H and O–H groups in total. The Balaban J connectivity index is 1.56. The standard InChI is InChI=1S/C18H16FNO3/c19-14-7-4-8-15(11-14)20-16(21)12-23-17(22)18(9-10-18)13-5-2-1-3-6-13/h1-8,11H,9-10,12H2,(H,20,21). The first kappa shape index (κ1) is 15.2. The van der Waals surface area contributed by atoms with Crippen LogP contribution in [0.1, 0.15) is 18.4 Å². The molecule has 0 saturated heterocycles. The molecule has 2 aromatic rings. The number of esters is 1. The highest BCUT2D eigenvalue weighted by Gasteiger charge is 2.52. The zero-order valence-electron chi connectivity index (χ0n) is 12.4. The van der Waals surface area contributed by atoms with Crippen LogP contribution in [0, 0.1) is 5.82 Å². The Labute approximate surface area is 133 Å². The normalized spacial score (nSPS) is 14.8. The molecule has 0 heterocycles. The third kappa shape index (κ3) is 3.39. The van der Waals surface area contributed by atoms with Crippen LogP contribution in [0.2, 0.25) is 0 Å². The van der Waals surface area contributed by atoms with Crippen molar-refractivity contribution < 1.29 is 18.7 Å². The lowest BCUT2D eigenvalue weighted by atomic mass is 9.96. The fourth-order valence-corrected chi connectivity index (χ4v) is 2.53. The van der Waals surface area contributed by atoms with Crippen molar-refractivity contribution in [3.8, 4) is 0 Å². The van der Waals surface area contributed by atoms with Crippen molar-refractivity contribution in [3.63, 3.8) is 0 Å². The molecule has 3 rings (SSSR count). The van der Waals surface area contributed by atoms with E-state index in [0.29, 0.717) is 5.69 Å². The Morgan fingerprint density at radius 1 is 1.09 bits per heavy atom. The predicted molar refractivity (Wildman–Crippen MR) is 83.3 cm³/mol. The topological polar surface area (TPSA) is 55.4 Å². The summed E-state index contributed by atoms with van der Waals surface area (Å²) < 4.78 is 18.2. The second kappa shape index (κ2) is 6.20. The molecule has 23 heavy (non-hydrogen) atoms. The summed E-state index contributed by atoms with van der Waals surface area (Å²) >= 11 is 0. The summed E-state index contributed by atoms with van der Waals surface area (Å²) in [6.45, 7) is -0.385. The quantitative estimate of drug-likeness (QED) is 0.863. The second-order valence-corrected chi connectivity index (χ2v) is 5.58. The van der Waals surface area contributed by atoms with Crippen LogP contribution in [0.25, 0.3) is 0 Å². The minimum atomic E-state index is -0.611. The molecular weight excluding hydrogens is 297 g/mol. The van der Waals surface area contributed by atoms with E-state index in [-0.39, 0.29) is 6.61 Å². The van der Waals surface area contributed by atoms with Gasteiger partial charge in [-0.15, -0.1) is 0 Å². The van der Waals surface area contributed by atoms with E-state index >= 15 is 0 Å². The molecular formula is C18H16FNO3. The zero-order chi connectivity index (χ0) is 16.3. The van der Waals surface area contributed by atoms with Gasteiger partial charge in [0.05, 0.1) is 5.41 Å². The molecule has 1 amide bonds. The summed E-state index contributed by atoms with van der Waals surface area (Å²) in [7, 11) is 0. The average molecular weight is 313 g/mol. The summed E-state index contributed by atoms with van der Waals surface area (Å²) in [6.07, 6.45) is 1.45. The van der Waals surface area contributed by atoms with Crippen LogP contribution in [0.5, 0.6) is 0 Å². The number of carbonyl (C=O) groups is 2. The van der Waals surface area contributed by atoms with Crippen LogP contribution in [-0.4, -0.2) is 18.5 Å². The molecule has 1 saturated carbocycles. The summed E-state index contributed by atoms with van der Waals surface area (Å²) in [4.78, 5) is 24.1. The minimum absolute atomic E-state index is 0.329. The van der Waals surface area contributed by atoms with Gasteiger partial charge in [-0.1, -0.05) is 36.4 Å². The van der Waals surface area contributed by atoms with Gasteiger partial charge in [0.25, 0.3) is 5.91 Å². The molecule has 0 radical (unpaired) electrons. The maximum absolute atomic E-state index is 13.0. The van der Waals surface area contributed by atoms with Gasteiger partial charge in [-0.3, -0.25) is 9.59 Å². The lowest BCUT2D eigenvalue weighted by Gasteiger charge is -2.14. The highest BCUT2D eigenvalue weighted by atomic mass is 19.1. The molecule has 1 aliphatic carbocycles. The van der Waals surface area contributed by atoms with Gasteiger partial charge < -0.3 is 10.1 Å². The van der Waals surface area contributed by atoms with Crippen LogP contribution in [0.3, 0.4) is 0 Å². The van der Waals surface area contributed by atoms with E-state index in [1.54, 1.807) is 6.07 Å². The third-order valence-corrected chi connectivity index (χ3v) is 3.91. The highest BCUT2D eigenvalue weighted by Crippen LogP contribution is 2.49. The van der Waals surface area contributed by atoms with Gasteiger partial charge in [0.2, 0.25) is 0 Å². The molecule has 0 atom stereocenters. The maximum Gasteiger partial charge on any atom is 0.317 e. The van der Waals surface area contributed by atoms with Gasteiger partial charge in [-0.25, -0.2) is 4.39 Å². The van der Waals surface area contributed by atoms with Gasteiger partial charge in [-0.2, -0.15) is 0 Å². The number of halogens is 1. The van der Waals surface area contributed by atoms with Crippen molar-refractivity contribution in [1.82, 2.24) is 0 Å². The van der Waals surface area contributed by atoms with Crippen molar-refractivity contribution in [1.29, 1.82) is 0 Å². The van der Waals surface area contributed by atoms with E-state index in [0.717, 1.165) is 18.4 Å². The van der Waals surface area contributed by atoms with Crippen LogP contribution >= 0.6 is 0 Å². The molecule has 2 aromatic carbocycles. The van der Waals surface area contributed by atoms with Crippen molar-refractivity contribution in [2.75, 3.05) is 11.9 Å². The van der Waals surface area contributed by atoms with Crippen molar-refractivity contribution >= 4 is 17.6 Å². The highest BCUT2D eigenvalue weighted by molar-refractivity contribution is 5.94. The van der Waals surface area contributed by atoms with Crippen LogP contribution in [-0.2, 0) is 19.7 Å². The zero-order valence-corrected chi connectivity index (χ0v) is 12.4. The van der Waals surface area contributed by atoms with Gasteiger partial charge in [0, 0.05) is 5.69 Å². The maximum atomic E-state index is 13.0. The number of anilines is 1. The van der Waals surface area contributed by atoms with Gasteiger partial charge in [-0.05, 0) is 36.6 Å². The molecule has 1 aliphatic rings. The molecule has 0 aromatic heterocycles. The van der Waals surface area contributed by atoms with E-state index in [1.165, 1.54) is 18.2 Å². The van der Waals surface area contributed by atoms with Crippen molar-refractivity contribution in [3.05, 3.63) is 66.0 Å². The Hall–Kier alpha value is -2.69. The Morgan fingerprint density at radius 2 is 1.83 bits per heavy atom. The smallest absolute Gasteiger partial charge is 0.317 e. The molecule has 0 spiro atoms. The molecule has 5 heteroatoms. The summed E-state index contributed by atoms with van der Waals surface area (Å²) in [5, 5.41) is 2.49. The lowest BCUT2D eigenvalue weighted by Crippen LogP contribution is -2.28. The monoisotopic (exact) mass is 313 g/mol. The molecule has 1 fully saturated rings. The predicted octanol–water partition coefficient (Wildman–Crippen LogP) is 3.04. The summed E-state index contributed by atoms with van der Waals surface area (Å²) in [5.74, 6) is -1.33. The molecule has 4 nitrogen and oxygen atoms in total. The number of hydrogen-bond acceptors (Lipinski definition) is 3. The number of benzene rings is 2. The first-order chi connectivity index (χ1) is 11.1. The van der Waals surface area contributed by atoms with E-state index in [9.17, 15) is 14.0 Å². The minimum Gasteiger partial charge on any atom is -0.455 e. The van der Waals surface area contributed by atoms with E-state index in [2.05, 4.69) is 5.32 Å². The lowest BCUT2D eigenvalue weighted by molar-refractivity contribution is -0.150. The van der Waals surface area contributed by atoms with Gasteiger partial charge in [0.15, 0.2) is 6.61 Å².